The Kier molecular flexibility index (Phi) is 2.57. The number of aliphatic imine (C=N–C) groups is 1. The summed E-state index contributed by atoms with van der Waals surface area (Å²) in [6.45, 7) is -0.00393. The van der Waals surface area contributed by atoms with Crippen molar-refractivity contribution < 1.29 is 14.4 Å². The molecule has 0 spiro atoms. The van der Waals surface area contributed by atoms with Crippen molar-refractivity contribution in [3.05, 3.63) is 30.6 Å². The van der Waals surface area contributed by atoms with E-state index < -0.39 is 5.97 Å². The SMILES string of the molecule is C[N+]1(CC(=O)O)C=CN=C1Cc1ncc[nH]1. The summed E-state index contributed by atoms with van der Waals surface area (Å²) < 4.78 is 0.204. The fraction of sp³-hybridized carbons (Fsp3) is 0.300. The van der Waals surface area contributed by atoms with E-state index >= 15 is 0 Å². The van der Waals surface area contributed by atoms with E-state index in [2.05, 4.69) is 15.0 Å². The first kappa shape index (κ1) is 10.6. The number of hydrogen-bond acceptors (Lipinski definition) is 3. The van der Waals surface area contributed by atoms with Crippen LogP contribution in [0.5, 0.6) is 0 Å². The van der Waals surface area contributed by atoms with Crippen LogP contribution in [-0.4, -0.2) is 45.0 Å². The number of nitrogens with zero attached hydrogens (tertiary/aromatic N) is 3. The van der Waals surface area contributed by atoms with Crippen LogP contribution in [0.3, 0.4) is 0 Å². The number of nitrogens with one attached hydrogen (secondary N) is 1. The number of aromatic nitrogens is 2. The van der Waals surface area contributed by atoms with Gasteiger partial charge in [-0.3, -0.25) is 0 Å². The predicted octanol–water partition coefficient (Wildman–Crippen LogP) is 0.367. The molecule has 1 unspecified atom stereocenters. The van der Waals surface area contributed by atoms with Crippen LogP contribution in [0.25, 0.3) is 0 Å². The number of amidine groups is 1. The maximum atomic E-state index is 10.8. The van der Waals surface area contributed by atoms with E-state index in [0.29, 0.717) is 6.42 Å². The Hall–Kier alpha value is -1.95. The third-order valence-corrected chi connectivity index (χ3v) is 2.55. The number of carboxylic acid groups (broad SMARTS) is 1. The number of aromatic amines is 1. The quantitative estimate of drug-likeness (QED) is 0.721. The van der Waals surface area contributed by atoms with Crippen molar-refractivity contribution in [1.82, 2.24) is 9.97 Å². The summed E-state index contributed by atoms with van der Waals surface area (Å²) in [5.41, 5.74) is 0. The van der Waals surface area contributed by atoms with Gasteiger partial charge in [-0.1, -0.05) is 0 Å². The molecule has 2 rings (SSSR count). The number of hydrogen-bond donors (Lipinski definition) is 2. The molecule has 0 fully saturated rings. The fourth-order valence-corrected chi connectivity index (χ4v) is 1.68. The molecule has 1 aromatic heterocycles. The maximum absolute atomic E-state index is 10.8. The van der Waals surface area contributed by atoms with Gasteiger partial charge >= 0.3 is 5.97 Å². The molecule has 0 bridgehead atoms. The lowest BCUT2D eigenvalue weighted by Gasteiger charge is -2.24. The molecule has 0 saturated heterocycles. The second-order valence-corrected chi connectivity index (χ2v) is 3.88. The van der Waals surface area contributed by atoms with Crippen molar-refractivity contribution in [2.24, 2.45) is 4.99 Å². The van der Waals surface area contributed by atoms with E-state index in [0.717, 1.165) is 11.7 Å². The Labute approximate surface area is 92.5 Å². The van der Waals surface area contributed by atoms with Crippen molar-refractivity contribution in [2.45, 2.75) is 6.42 Å². The average Bonchev–Trinajstić information content (AvgIpc) is 2.77. The van der Waals surface area contributed by atoms with Crippen LogP contribution in [0.15, 0.2) is 29.8 Å². The molecule has 0 aliphatic carbocycles. The fourth-order valence-electron chi connectivity index (χ4n) is 1.68. The highest BCUT2D eigenvalue weighted by Gasteiger charge is 2.33. The number of aliphatic carboxylic acids is 1. The molecular weight excluding hydrogens is 208 g/mol. The molecule has 84 valence electrons. The first-order valence-electron chi connectivity index (χ1n) is 4.90. The smallest absolute Gasteiger partial charge is 0.360 e. The Balaban J connectivity index is 2.13. The summed E-state index contributed by atoms with van der Waals surface area (Å²) >= 11 is 0. The summed E-state index contributed by atoms with van der Waals surface area (Å²) in [6.07, 6.45) is 7.34. The van der Waals surface area contributed by atoms with Crippen molar-refractivity contribution in [1.29, 1.82) is 0 Å². The van der Waals surface area contributed by atoms with Gasteiger partial charge in [0.05, 0.1) is 13.2 Å². The van der Waals surface area contributed by atoms with Gasteiger partial charge in [0.25, 0.3) is 0 Å². The number of imidazole rings is 1. The number of likely N-dealkylation sites (N-methyl/N-ethyl adjacent to an activating group) is 1. The monoisotopic (exact) mass is 221 g/mol. The molecule has 0 aromatic carbocycles. The van der Waals surface area contributed by atoms with E-state index in [1.54, 1.807) is 24.8 Å². The normalized spacial score (nSPS) is 23.4. The highest BCUT2D eigenvalue weighted by molar-refractivity contribution is 5.82. The second-order valence-electron chi connectivity index (χ2n) is 3.88. The van der Waals surface area contributed by atoms with Gasteiger partial charge in [0, 0.05) is 12.4 Å². The van der Waals surface area contributed by atoms with Crippen molar-refractivity contribution in [3.8, 4) is 0 Å². The van der Waals surface area contributed by atoms with Crippen LogP contribution in [0.4, 0.5) is 0 Å². The number of quaternary nitrogens is 1. The van der Waals surface area contributed by atoms with E-state index in [1.165, 1.54) is 0 Å². The molecule has 1 aliphatic rings. The minimum Gasteiger partial charge on any atom is -0.477 e. The van der Waals surface area contributed by atoms with Gasteiger partial charge in [-0.05, 0) is 0 Å². The molecule has 1 aromatic rings. The maximum Gasteiger partial charge on any atom is 0.360 e. The first-order chi connectivity index (χ1) is 7.60. The van der Waals surface area contributed by atoms with Gasteiger partial charge in [0.1, 0.15) is 18.4 Å². The van der Waals surface area contributed by atoms with Crippen LogP contribution in [0.2, 0.25) is 0 Å². The Morgan fingerprint density at radius 3 is 3.06 bits per heavy atom. The van der Waals surface area contributed by atoms with Crippen LogP contribution in [0, 0.1) is 0 Å². The van der Waals surface area contributed by atoms with Crippen molar-refractivity contribution >= 4 is 11.8 Å². The van der Waals surface area contributed by atoms with Gasteiger partial charge in [0.15, 0.2) is 6.54 Å². The molecule has 0 amide bonds. The molecule has 1 atom stereocenters. The molecule has 1 aliphatic heterocycles. The lowest BCUT2D eigenvalue weighted by Crippen LogP contribution is -2.47. The highest BCUT2D eigenvalue weighted by atomic mass is 16.4. The Morgan fingerprint density at radius 2 is 2.44 bits per heavy atom. The van der Waals surface area contributed by atoms with Crippen LogP contribution in [0.1, 0.15) is 5.82 Å². The molecule has 2 N–H and O–H groups in total. The van der Waals surface area contributed by atoms with Crippen LogP contribution in [-0.2, 0) is 11.2 Å². The zero-order valence-electron chi connectivity index (χ0n) is 8.92. The Bertz CT molecular complexity index is 449. The van der Waals surface area contributed by atoms with E-state index in [-0.39, 0.29) is 11.0 Å². The number of carbonyl (C=O) groups is 1. The average molecular weight is 221 g/mol. The second kappa shape index (κ2) is 3.90. The van der Waals surface area contributed by atoms with E-state index in [4.69, 9.17) is 5.11 Å². The van der Waals surface area contributed by atoms with Gasteiger partial charge in [-0.2, -0.15) is 0 Å². The van der Waals surface area contributed by atoms with Gasteiger partial charge < -0.3 is 10.1 Å². The molecule has 0 radical (unpaired) electrons. The summed E-state index contributed by atoms with van der Waals surface area (Å²) in [4.78, 5) is 22.1. The zero-order chi connectivity index (χ0) is 11.6. The summed E-state index contributed by atoms with van der Waals surface area (Å²) in [5.74, 6) is 0.718. The number of H-pyrrole nitrogens is 1. The third kappa shape index (κ3) is 2.01. The first-order valence-corrected chi connectivity index (χ1v) is 4.90. The largest absolute Gasteiger partial charge is 0.477 e. The summed E-state index contributed by atoms with van der Waals surface area (Å²) in [7, 11) is 1.82. The lowest BCUT2D eigenvalue weighted by molar-refractivity contribution is -0.756. The predicted molar refractivity (Wildman–Crippen MR) is 57.6 cm³/mol. The van der Waals surface area contributed by atoms with Crippen LogP contribution >= 0.6 is 0 Å². The summed E-state index contributed by atoms with van der Waals surface area (Å²) in [6, 6.07) is 0. The summed E-state index contributed by atoms with van der Waals surface area (Å²) in [5, 5.41) is 8.86. The van der Waals surface area contributed by atoms with Gasteiger partial charge in [-0.15, -0.1) is 0 Å². The minimum absolute atomic E-state index is 0.00393. The molecular formula is C10H13N4O2+. The minimum atomic E-state index is -0.846. The third-order valence-electron chi connectivity index (χ3n) is 2.55. The molecule has 6 heteroatoms. The number of carboxylic acids is 1. The number of rotatable bonds is 4. The Morgan fingerprint density at radius 1 is 1.62 bits per heavy atom. The molecule has 2 heterocycles. The topological polar surface area (TPSA) is 78.3 Å². The van der Waals surface area contributed by atoms with Gasteiger partial charge in [-0.25, -0.2) is 19.3 Å². The lowest BCUT2D eigenvalue weighted by atomic mass is 10.3. The van der Waals surface area contributed by atoms with Crippen molar-refractivity contribution in [3.63, 3.8) is 0 Å². The standard InChI is InChI=1S/C10H12N4O2/c1-14(7-10(15)16)5-4-13-9(14)6-8-11-2-3-12-8/h2-5H,6-7H2,1H3,(H-,11,12,15,16)/p+1. The molecule has 16 heavy (non-hydrogen) atoms. The molecule has 6 nitrogen and oxygen atoms in total. The van der Waals surface area contributed by atoms with E-state index in [1.807, 2.05) is 7.05 Å². The zero-order valence-corrected chi connectivity index (χ0v) is 8.92. The highest BCUT2D eigenvalue weighted by Crippen LogP contribution is 2.15. The van der Waals surface area contributed by atoms with E-state index in [9.17, 15) is 4.79 Å². The molecule has 0 saturated carbocycles. The van der Waals surface area contributed by atoms with Crippen LogP contribution < -0.4 is 0 Å². The van der Waals surface area contributed by atoms with Crippen molar-refractivity contribution in [2.75, 3.05) is 13.6 Å². The van der Waals surface area contributed by atoms with Gasteiger partial charge in [0.2, 0.25) is 5.84 Å².